The van der Waals surface area contributed by atoms with E-state index < -0.39 is 47.8 Å². The summed E-state index contributed by atoms with van der Waals surface area (Å²) in [6, 6.07) is 18.8. The standard InChI is InChI=1S/C39H38F6N4O2S/c1-24-22-49(17-15-37(24)14-12-28-10-6-7-11-32(28)37)16-13-31(33-23-52-36(47-33)48-34(50)25(2)27-8-4-3-5-9-27)35(51)46-21-26-18-29(38(40,41)42)20-30(19-26)39(43,44)45/h3-12,14,18-20,23-25,31H,13,15-17,21-22H2,1-2H3,(H,46,51)(H,47,48,50)/t24-,25?,31?,37+/m0/s1. The molecule has 6 nitrogen and oxygen atoms in total. The van der Waals surface area contributed by atoms with Crippen molar-refractivity contribution in [3.63, 3.8) is 0 Å². The lowest BCUT2D eigenvalue weighted by molar-refractivity contribution is -0.143. The molecular weight excluding hydrogens is 703 g/mol. The molecule has 1 fully saturated rings. The Labute approximate surface area is 302 Å². The largest absolute Gasteiger partial charge is 0.416 e. The molecule has 0 bridgehead atoms. The lowest BCUT2D eigenvalue weighted by Crippen LogP contribution is -2.48. The number of fused-ring (bicyclic) bond motifs is 2. The molecule has 1 aliphatic heterocycles. The zero-order chi connectivity index (χ0) is 37.3. The van der Waals surface area contributed by atoms with Crippen molar-refractivity contribution in [1.82, 2.24) is 15.2 Å². The molecule has 4 aromatic rings. The number of rotatable bonds is 10. The van der Waals surface area contributed by atoms with Crippen LogP contribution in [0.2, 0.25) is 0 Å². The van der Waals surface area contributed by atoms with Crippen LogP contribution in [0.1, 0.15) is 77.6 Å². The molecule has 1 saturated heterocycles. The van der Waals surface area contributed by atoms with Gasteiger partial charge in [-0.2, -0.15) is 26.3 Å². The van der Waals surface area contributed by atoms with Crippen LogP contribution in [0.25, 0.3) is 6.08 Å². The van der Waals surface area contributed by atoms with Gasteiger partial charge in [0.1, 0.15) is 0 Å². The highest BCUT2D eigenvalue weighted by Gasteiger charge is 2.43. The Morgan fingerprint density at radius 3 is 2.31 bits per heavy atom. The van der Waals surface area contributed by atoms with Gasteiger partial charge in [-0.25, -0.2) is 4.98 Å². The third kappa shape index (κ3) is 8.10. The number of likely N-dealkylation sites (tertiary alicyclic amines) is 1. The van der Waals surface area contributed by atoms with Crippen LogP contribution in [0, 0.1) is 5.92 Å². The second kappa shape index (κ2) is 14.9. The molecular formula is C39H38F6N4O2S. The highest BCUT2D eigenvalue weighted by Crippen LogP contribution is 2.47. The molecule has 1 aromatic heterocycles. The molecule has 3 aromatic carbocycles. The van der Waals surface area contributed by atoms with Crippen LogP contribution in [0.4, 0.5) is 31.5 Å². The fraction of sp³-hybridized carbons (Fsp3) is 0.359. The summed E-state index contributed by atoms with van der Waals surface area (Å²) in [7, 11) is 0. The van der Waals surface area contributed by atoms with Gasteiger partial charge in [0, 0.05) is 23.9 Å². The van der Waals surface area contributed by atoms with Crippen LogP contribution in [0.5, 0.6) is 0 Å². The van der Waals surface area contributed by atoms with Crippen molar-refractivity contribution in [2.24, 2.45) is 5.92 Å². The summed E-state index contributed by atoms with van der Waals surface area (Å²) >= 11 is 1.13. The third-order valence-corrected chi connectivity index (χ3v) is 11.0. The summed E-state index contributed by atoms with van der Waals surface area (Å²) in [6.07, 6.45) is -4.40. The number of thiazole rings is 1. The Balaban J connectivity index is 1.19. The number of allylic oxidation sites excluding steroid dienone is 1. The van der Waals surface area contributed by atoms with Crippen molar-refractivity contribution < 1.29 is 35.9 Å². The number of halogens is 6. The van der Waals surface area contributed by atoms with Gasteiger partial charge >= 0.3 is 12.4 Å². The van der Waals surface area contributed by atoms with E-state index in [0.717, 1.165) is 36.4 Å². The summed E-state index contributed by atoms with van der Waals surface area (Å²) in [4.78, 5) is 33.6. The fourth-order valence-electron chi connectivity index (χ4n) is 7.25. The summed E-state index contributed by atoms with van der Waals surface area (Å²) < 4.78 is 81.0. The van der Waals surface area contributed by atoms with E-state index in [1.807, 2.05) is 42.5 Å². The van der Waals surface area contributed by atoms with E-state index in [4.69, 9.17) is 0 Å². The number of nitrogens with zero attached hydrogens (tertiary/aromatic N) is 2. The Hall–Kier alpha value is -4.49. The number of anilines is 1. The number of hydrogen-bond acceptors (Lipinski definition) is 5. The smallest absolute Gasteiger partial charge is 0.351 e. The molecule has 1 spiro atoms. The summed E-state index contributed by atoms with van der Waals surface area (Å²) in [5.74, 6) is -1.99. The minimum atomic E-state index is -5.01. The molecule has 2 amide bonds. The first kappa shape index (κ1) is 37.3. The summed E-state index contributed by atoms with van der Waals surface area (Å²) in [5.41, 5.74) is 0.354. The quantitative estimate of drug-likeness (QED) is 0.159. The van der Waals surface area contributed by atoms with Crippen LogP contribution in [-0.2, 0) is 33.9 Å². The van der Waals surface area contributed by atoms with Gasteiger partial charge in [0.15, 0.2) is 5.13 Å². The molecule has 13 heteroatoms. The molecule has 2 heterocycles. The highest BCUT2D eigenvalue weighted by molar-refractivity contribution is 7.14. The van der Waals surface area contributed by atoms with Crippen molar-refractivity contribution in [3.05, 3.63) is 123 Å². The second-order valence-electron chi connectivity index (χ2n) is 13.6. The number of benzene rings is 3. The van der Waals surface area contributed by atoms with E-state index in [1.165, 1.54) is 11.1 Å². The number of nitrogens with one attached hydrogen (secondary N) is 2. The zero-order valence-electron chi connectivity index (χ0n) is 28.5. The van der Waals surface area contributed by atoms with E-state index in [1.54, 1.807) is 12.3 Å². The number of piperidine rings is 1. The number of carbonyl (C=O) groups is 2. The first-order valence-corrected chi connectivity index (χ1v) is 17.9. The van der Waals surface area contributed by atoms with Crippen LogP contribution in [0.15, 0.2) is 84.3 Å². The predicted octanol–water partition coefficient (Wildman–Crippen LogP) is 9.02. The van der Waals surface area contributed by atoms with Gasteiger partial charge < -0.3 is 15.5 Å². The van der Waals surface area contributed by atoms with E-state index in [-0.39, 0.29) is 40.4 Å². The van der Waals surface area contributed by atoms with Gasteiger partial charge in [-0.3, -0.25) is 9.59 Å². The molecule has 1 aliphatic carbocycles. The van der Waals surface area contributed by atoms with E-state index in [2.05, 4.69) is 51.7 Å². The van der Waals surface area contributed by atoms with E-state index >= 15 is 0 Å². The van der Waals surface area contributed by atoms with Gasteiger partial charge in [0.25, 0.3) is 0 Å². The van der Waals surface area contributed by atoms with E-state index in [9.17, 15) is 35.9 Å². The molecule has 2 unspecified atom stereocenters. The Morgan fingerprint density at radius 1 is 0.962 bits per heavy atom. The minimum absolute atomic E-state index is 0.0571. The van der Waals surface area contributed by atoms with Crippen molar-refractivity contribution in [2.75, 3.05) is 25.0 Å². The molecule has 2 N–H and O–H groups in total. The summed E-state index contributed by atoms with van der Waals surface area (Å²) in [6.45, 7) is 5.43. The van der Waals surface area contributed by atoms with Crippen LogP contribution < -0.4 is 10.6 Å². The van der Waals surface area contributed by atoms with Gasteiger partial charge in [0.2, 0.25) is 11.8 Å². The lowest BCUT2D eigenvalue weighted by atomic mass is 9.68. The van der Waals surface area contributed by atoms with Gasteiger partial charge in [-0.05, 0) is 79.2 Å². The Morgan fingerprint density at radius 2 is 1.63 bits per heavy atom. The van der Waals surface area contributed by atoms with Crippen molar-refractivity contribution >= 4 is 34.4 Å². The van der Waals surface area contributed by atoms with Crippen LogP contribution in [0.3, 0.4) is 0 Å². The van der Waals surface area contributed by atoms with Gasteiger partial charge in [-0.15, -0.1) is 11.3 Å². The SMILES string of the molecule is CC(C(=O)Nc1nc(C(CCN2CC[C@]3(C=Cc4ccccc43)[C@@H](C)C2)C(=O)NCc2cc(C(F)(F)F)cc(C(F)(F)F)c2)cs1)c1ccccc1. The van der Waals surface area contributed by atoms with Crippen molar-refractivity contribution in [3.8, 4) is 0 Å². The topological polar surface area (TPSA) is 74.3 Å². The predicted molar refractivity (Wildman–Crippen MR) is 189 cm³/mol. The van der Waals surface area contributed by atoms with E-state index in [0.29, 0.717) is 24.4 Å². The average molecular weight is 741 g/mol. The number of carbonyl (C=O) groups excluding carboxylic acids is 2. The van der Waals surface area contributed by atoms with Crippen molar-refractivity contribution in [2.45, 2.75) is 62.8 Å². The highest BCUT2D eigenvalue weighted by atomic mass is 32.1. The molecule has 274 valence electrons. The molecule has 52 heavy (non-hydrogen) atoms. The fourth-order valence-corrected chi connectivity index (χ4v) is 8.01. The first-order valence-electron chi connectivity index (χ1n) is 17.0. The maximum Gasteiger partial charge on any atom is 0.416 e. The lowest BCUT2D eigenvalue weighted by Gasteiger charge is -2.44. The first-order chi connectivity index (χ1) is 24.6. The average Bonchev–Trinajstić information content (AvgIpc) is 3.73. The maximum absolute atomic E-state index is 13.8. The number of amides is 2. The molecule has 2 aliphatic rings. The normalized spacial score (nSPS) is 20.0. The monoisotopic (exact) mass is 740 g/mol. The molecule has 4 atom stereocenters. The van der Waals surface area contributed by atoms with Gasteiger partial charge in [0.05, 0.1) is 28.7 Å². The zero-order valence-corrected chi connectivity index (χ0v) is 29.3. The van der Waals surface area contributed by atoms with Gasteiger partial charge in [-0.1, -0.05) is 73.7 Å². The van der Waals surface area contributed by atoms with Crippen LogP contribution in [-0.4, -0.2) is 41.3 Å². The summed E-state index contributed by atoms with van der Waals surface area (Å²) in [5, 5.41) is 7.29. The Bertz CT molecular complexity index is 1910. The minimum Gasteiger partial charge on any atom is -0.351 e. The number of aromatic nitrogens is 1. The Kier molecular flexibility index (Phi) is 10.7. The number of alkyl halides is 6. The maximum atomic E-state index is 13.8. The second-order valence-corrected chi connectivity index (χ2v) is 14.4. The van der Waals surface area contributed by atoms with Crippen molar-refractivity contribution in [1.29, 1.82) is 0 Å². The van der Waals surface area contributed by atoms with Crippen LogP contribution >= 0.6 is 11.3 Å². The molecule has 0 saturated carbocycles. The third-order valence-electron chi connectivity index (χ3n) is 10.2. The molecule has 6 rings (SSSR count). The molecule has 0 radical (unpaired) electrons. The number of hydrogen-bond donors (Lipinski definition) is 2.